The normalized spacial score (nSPS) is 14.1. The van der Waals surface area contributed by atoms with Crippen molar-refractivity contribution in [2.45, 2.75) is 13.0 Å². The largest absolute Gasteiger partial charge is 0.350 e. The molecule has 1 aromatic heterocycles. The molecule has 0 unspecified atom stereocenters. The van der Waals surface area contributed by atoms with Crippen molar-refractivity contribution < 1.29 is 4.79 Å². The predicted molar refractivity (Wildman–Crippen MR) is 92.8 cm³/mol. The Balaban J connectivity index is 1.74. The van der Waals surface area contributed by atoms with E-state index in [4.69, 9.17) is 11.6 Å². The van der Waals surface area contributed by atoms with Crippen LogP contribution in [0.4, 0.5) is 0 Å². The summed E-state index contributed by atoms with van der Waals surface area (Å²) in [5, 5.41) is 1.81. The van der Waals surface area contributed by atoms with Crippen molar-refractivity contribution in [1.82, 2.24) is 9.47 Å². The molecule has 0 atom stereocenters. The summed E-state index contributed by atoms with van der Waals surface area (Å²) in [4.78, 5) is 14.8. The van der Waals surface area contributed by atoms with Crippen molar-refractivity contribution >= 4 is 28.4 Å². The van der Waals surface area contributed by atoms with Gasteiger partial charge in [-0.1, -0.05) is 35.9 Å². The Kier molecular flexibility index (Phi) is 3.38. The SMILES string of the molecule is Cn1cc2c3c(cccc31)CN(C(=O)c1ccccc1Cl)CC2. The van der Waals surface area contributed by atoms with Crippen molar-refractivity contribution in [3.05, 3.63) is 70.4 Å². The minimum absolute atomic E-state index is 0.00197. The van der Waals surface area contributed by atoms with Crippen molar-refractivity contribution in [2.24, 2.45) is 7.05 Å². The lowest BCUT2D eigenvalue weighted by Gasteiger charge is -2.22. The van der Waals surface area contributed by atoms with Gasteiger partial charge in [-0.3, -0.25) is 4.79 Å². The van der Waals surface area contributed by atoms with Gasteiger partial charge in [0.05, 0.1) is 10.6 Å². The molecule has 0 saturated carbocycles. The second kappa shape index (κ2) is 5.43. The summed E-state index contributed by atoms with van der Waals surface area (Å²) < 4.78 is 2.17. The molecule has 0 saturated heterocycles. The molecule has 0 spiro atoms. The van der Waals surface area contributed by atoms with E-state index in [0.29, 0.717) is 23.7 Å². The number of benzene rings is 2. The summed E-state index contributed by atoms with van der Waals surface area (Å²) in [7, 11) is 2.07. The van der Waals surface area contributed by atoms with Crippen LogP contribution in [-0.4, -0.2) is 21.9 Å². The van der Waals surface area contributed by atoms with Gasteiger partial charge in [0.15, 0.2) is 0 Å². The van der Waals surface area contributed by atoms with Gasteiger partial charge >= 0.3 is 0 Å². The summed E-state index contributed by atoms with van der Waals surface area (Å²) in [6.45, 7) is 1.33. The first-order valence-electron chi connectivity index (χ1n) is 7.75. The van der Waals surface area contributed by atoms with Crippen molar-refractivity contribution in [1.29, 1.82) is 0 Å². The van der Waals surface area contributed by atoms with Crippen LogP contribution in [0.25, 0.3) is 10.9 Å². The van der Waals surface area contributed by atoms with Crippen LogP contribution in [0.2, 0.25) is 5.02 Å². The third kappa shape index (κ3) is 2.32. The smallest absolute Gasteiger partial charge is 0.255 e. The number of carbonyl (C=O) groups is 1. The van der Waals surface area contributed by atoms with Crippen molar-refractivity contribution in [2.75, 3.05) is 6.54 Å². The zero-order valence-corrected chi connectivity index (χ0v) is 13.7. The van der Waals surface area contributed by atoms with E-state index >= 15 is 0 Å². The lowest BCUT2D eigenvalue weighted by atomic mass is 10.1. The van der Waals surface area contributed by atoms with E-state index in [2.05, 4.69) is 36.0 Å². The van der Waals surface area contributed by atoms with Crippen LogP contribution in [-0.2, 0) is 20.0 Å². The lowest BCUT2D eigenvalue weighted by Crippen LogP contribution is -2.31. The number of aryl methyl sites for hydroxylation is 1. The highest BCUT2D eigenvalue weighted by molar-refractivity contribution is 6.33. The Bertz CT molecular complexity index is 913. The number of halogens is 1. The molecule has 4 rings (SSSR count). The van der Waals surface area contributed by atoms with Crippen LogP contribution in [0.1, 0.15) is 21.5 Å². The summed E-state index contributed by atoms with van der Waals surface area (Å²) in [6, 6.07) is 13.6. The van der Waals surface area contributed by atoms with Gasteiger partial charge in [0.2, 0.25) is 0 Å². The van der Waals surface area contributed by atoms with Gasteiger partial charge in [0.25, 0.3) is 5.91 Å². The van der Waals surface area contributed by atoms with E-state index < -0.39 is 0 Å². The van der Waals surface area contributed by atoms with Gasteiger partial charge in [-0.2, -0.15) is 0 Å². The maximum absolute atomic E-state index is 12.9. The molecular weight excluding hydrogens is 308 g/mol. The standard InChI is InChI=1S/C19H17ClN2O/c1-21-11-14-9-10-22(12-13-5-4-8-17(21)18(13)14)19(23)15-6-2-3-7-16(15)20/h2-8,11H,9-10,12H2,1H3. The third-order valence-electron chi connectivity index (χ3n) is 4.58. The molecule has 1 amide bonds. The fourth-order valence-corrected chi connectivity index (χ4v) is 3.68. The molecule has 0 N–H and O–H groups in total. The van der Waals surface area contributed by atoms with Crippen LogP contribution in [0.5, 0.6) is 0 Å². The van der Waals surface area contributed by atoms with E-state index in [1.54, 1.807) is 12.1 Å². The first-order chi connectivity index (χ1) is 11.1. The summed E-state index contributed by atoms with van der Waals surface area (Å²) in [6.07, 6.45) is 3.04. The summed E-state index contributed by atoms with van der Waals surface area (Å²) in [5.74, 6) is 0.00197. The molecule has 0 aliphatic carbocycles. The Morgan fingerprint density at radius 2 is 1.91 bits per heavy atom. The van der Waals surface area contributed by atoms with Gasteiger partial charge in [0, 0.05) is 37.2 Å². The second-order valence-corrected chi connectivity index (χ2v) is 6.44. The van der Waals surface area contributed by atoms with Gasteiger partial charge < -0.3 is 9.47 Å². The number of carbonyl (C=O) groups excluding carboxylic acids is 1. The Morgan fingerprint density at radius 1 is 1.09 bits per heavy atom. The van der Waals surface area contributed by atoms with Gasteiger partial charge in [0.1, 0.15) is 0 Å². The first-order valence-corrected chi connectivity index (χ1v) is 8.12. The molecule has 1 aliphatic heterocycles. The molecule has 0 fully saturated rings. The number of aromatic nitrogens is 1. The molecule has 116 valence electrons. The maximum atomic E-state index is 12.9. The topological polar surface area (TPSA) is 25.2 Å². The van der Waals surface area contributed by atoms with Gasteiger partial charge in [-0.15, -0.1) is 0 Å². The minimum atomic E-state index is 0.00197. The molecule has 0 bridgehead atoms. The molecular formula is C19H17ClN2O. The highest BCUT2D eigenvalue weighted by atomic mass is 35.5. The lowest BCUT2D eigenvalue weighted by molar-refractivity contribution is 0.0748. The summed E-state index contributed by atoms with van der Waals surface area (Å²) in [5.41, 5.74) is 4.32. The van der Waals surface area contributed by atoms with Crippen LogP contribution >= 0.6 is 11.6 Å². The Labute approximate surface area is 140 Å². The Hall–Kier alpha value is -2.26. The number of amides is 1. The maximum Gasteiger partial charge on any atom is 0.255 e. The van der Waals surface area contributed by atoms with E-state index in [1.807, 2.05) is 17.0 Å². The van der Waals surface area contributed by atoms with Crippen LogP contribution in [0.3, 0.4) is 0 Å². The number of hydrogen-bond donors (Lipinski definition) is 0. The van der Waals surface area contributed by atoms with E-state index in [-0.39, 0.29) is 5.91 Å². The fourth-order valence-electron chi connectivity index (χ4n) is 3.46. The predicted octanol–water partition coefficient (Wildman–Crippen LogP) is 4.03. The highest BCUT2D eigenvalue weighted by Crippen LogP contribution is 2.30. The van der Waals surface area contributed by atoms with Crippen LogP contribution in [0.15, 0.2) is 48.7 Å². The van der Waals surface area contributed by atoms with E-state index in [9.17, 15) is 4.79 Å². The van der Waals surface area contributed by atoms with Crippen molar-refractivity contribution in [3.63, 3.8) is 0 Å². The van der Waals surface area contributed by atoms with Crippen LogP contribution in [0, 0.1) is 0 Å². The molecule has 23 heavy (non-hydrogen) atoms. The minimum Gasteiger partial charge on any atom is -0.350 e. The monoisotopic (exact) mass is 324 g/mol. The average Bonchev–Trinajstić information content (AvgIpc) is 2.76. The molecule has 4 heteroatoms. The van der Waals surface area contributed by atoms with Crippen LogP contribution < -0.4 is 0 Å². The number of rotatable bonds is 1. The quantitative estimate of drug-likeness (QED) is 0.663. The summed E-state index contributed by atoms with van der Waals surface area (Å²) >= 11 is 6.20. The van der Waals surface area contributed by atoms with E-state index in [0.717, 1.165) is 6.42 Å². The second-order valence-electron chi connectivity index (χ2n) is 6.03. The molecule has 3 aromatic rings. The van der Waals surface area contributed by atoms with Crippen molar-refractivity contribution in [3.8, 4) is 0 Å². The highest BCUT2D eigenvalue weighted by Gasteiger charge is 2.23. The molecule has 0 radical (unpaired) electrons. The molecule has 3 nitrogen and oxygen atoms in total. The fraction of sp³-hybridized carbons (Fsp3) is 0.211. The van der Waals surface area contributed by atoms with Gasteiger partial charge in [-0.25, -0.2) is 0 Å². The Morgan fingerprint density at radius 3 is 2.74 bits per heavy atom. The molecule has 2 heterocycles. The zero-order chi connectivity index (χ0) is 16.0. The number of nitrogens with zero attached hydrogens (tertiary/aromatic N) is 2. The van der Waals surface area contributed by atoms with E-state index in [1.165, 1.54) is 22.0 Å². The zero-order valence-electron chi connectivity index (χ0n) is 12.9. The number of hydrogen-bond acceptors (Lipinski definition) is 1. The molecule has 1 aliphatic rings. The average molecular weight is 325 g/mol. The first kappa shape index (κ1) is 14.3. The molecule has 2 aromatic carbocycles. The van der Waals surface area contributed by atoms with Gasteiger partial charge in [-0.05, 0) is 35.7 Å². The third-order valence-corrected chi connectivity index (χ3v) is 4.91.